The molecule has 17 heavy (non-hydrogen) atoms. The van der Waals surface area contributed by atoms with Crippen molar-refractivity contribution in [3.05, 3.63) is 18.3 Å². The van der Waals surface area contributed by atoms with E-state index in [9.17, 15) is 8.42 Å². The Hall–Kier alpha value is -1.30. The molecule has 2 N–H and O–H groups in total. The van der Waals surface area contributed by atoms with Gasteiger partial charge >= 0.3 is 0 Å². The molecular formula is C11H17N3O2S. The van der Waals surface area contributed by atoms with E-state index in [1.165, 1.54) is 6.26 Å². The van der Waals surface area contributed by atoms with Crippen molar-refractivity contribution in [2.24, 2.45) is 5.92 Å². The fraction of sp³-hybridized carbons (Fsp3) is 0.545. The summed E-state index contributed by atoms with van der Waals surface area (Å²) >= 11 is 0. The second kappa shape index (κ2) is 4.18. The molecule has 2 heterocycles. The third-order valence-corrected chi connectivity index (χ3v) is 4.25. The van der Waals surface area contributed by atoms with Crippen molar-refractivity contribution in [3.8, 4) is 0 Å². The molecular weight excluding hydrogens is 238 g/mol. The molecule has 0 aromatic carbocycles. The van der Waals surface area contributed by atoms with Crippen LogP contribution in [0.5, 0.6) is 0 Å². The Balaban J connectivity index is 2.05. The molecule has 6 heteroatoms. The standard InChI is InChI=1S/C11H17N3O2S/c1-8-9(7-17(2,15)16)6-14(8)10-3-4-13-11(12)5-10/h3-5,8-9H,6-7H2,1-2H3,(H2,12,13)/t8-,9-/m1/s1. The molecule has 1 aromatic heterocycles. The van der Waals surface area contributed by atoms with Gasteiger partial charge in [-0.1, -0.05) is 0 Å². The smallest absolute Gasteiger partial charge is 0.147 e. The molecule has 1 aliphatic rings. The minimum absolute atomic E-state index is 0.208. The van der Waals surface area contributed by atoms with Gasteiger partial charge in [0.2, 0.25) is 0 Å². The van der Waals surface area contributed by atoms with Gasteiger partial charge in [-0.05, 0) is 13.0 Å². The highest BCUT2D eigenvalue weighted by Crippen LogP contribution is 2.31. The van der Waals surface area contributed by atoms with Crippen molar-refractivity contribution in [2.45, 2.75) is 13.0 Å². The van der Waals surface area contributed by atoms with Gasteiger partial charge < -0.3 is 10.6 Å². The summed E-state index contributed by atoms with van der Waals surface area (Å²) in [6.45, 7) is 2.80. The van der Waals surface area contributed by atoms with Crippen LogP contribution >= 0.6 is 0 Å². The molecule has 0 aliphatic carbocycles. The minimum Gasteiger partial charge on any atom is -0.384 e. The summed E-state index contributed by atoms with van der Waals surface area (Å²) in [5.41, 5.74) is 6.63. The molecule has 0 amide bonds. The van der Waals surface area contributed by atoms with Gasteiger partial charge in [0.15, 0.2) is 0 Å². The summed E-state index contributed by atoms with van der Waals surface area (Å²) in [6, 6.07) is 3.93. The van der Waals surface area contributed by atoms with Gasteiger partial charge in [0.05, 0.1) is 5.75 Å². The quantitative estimate of drug-likeness (QED) is 0.852. The first-order valence-corrected chi connectivity index (χ1v) is 7.59. The molecule has 0 unspecified atom stereocenters. The van der Waals surface area contributed by atoms with Gasteiger partial charge in [-0.15, -0.1) is 0 Å². The van der Waals surface area contributed by atoms with E-state index >= 15 is 0 Å². The van der Waals surface area contributed by atoms with Crippen LogP contribution < -0.4 is 10.6 Å². The number of nitrogen functional groups attached to an aromatic ring is 1. The van der Waals surface area contributed by atoms with E-state index in [1.807, 2.05) is 19.1 Å². The largest absolute Gasteiger partial charge is 0.384 e. The number of nitrogens with two attached hydrogens (primary N) is 1. The number of hydrogen-bond donors (Lipinski definition) is 1. The third-order valence-electron chi connectivity index (χ3n) is 3.22. The van der Waals surface area contributed by atoms with Crippen molar-refractivity contribution in [1.29, 1.82) is 0 Å². The van der Waals surface area contributed by atoms with E-state index in [0.717, 1.165) is 12.2 Å². The fourth-order valence-electron chi connectivity index (χ4n) is 2.22. The number of nitrogens with zero attached hydrogens (tertiary/aromatic N) is 2. The van der Waals surface area contributed by atoms with Crippen molar-refractivity contribution < 1.29 is 8.42 Å². The second-order valence-electron chi connectivity index (χ2n) is 4.68. The zero-order chi connectivity index (χ0) is 12.6. The number of sulfone groups is 1. The van der Waals surface area contributed by atoms with E-state index < -0.39 is 9.84 Å². The Bertz CT molecular complexity index is 515. The summed E-state index contributed by atoms with van der Waals surface area (Å²) in [4.78, 5) is 6.09. The number of rotatable bonds is 3. The predicted octanol–water partition coefficient (Wildman–Crippen LogP) is 0.533. The highest BCUT2D eigenvalue weighted by Gasteiger charge is 2.37. The monoisotopic (exact) mass is 255 g/mol. The Labute approximate surface area is 102 Å². The van der Waals surface area contributed by atoms with E-state index in [1.54, 1.807) is 6.20 Å². The number of pyridine rings is 1. The Morgan fingerprint density at radius 3 is 2.82 bits per heavy atom. The maximum absolute atomic E-state index is 11.2. The van der Waals surface area contributed by atoms with E-state index in [2.05, 4.69) is 9.88 Å². The van der Waals surface area contributed by atoms with Crippen LogP contribution in [0.15, 0.2) is 18.3 Å². The van der Waals surface area contributed by atoms with E-state index in [-0.39, 0.29) is 17.7 Å². The normalized spacial score (nSPS) is 24.5. The van der Waals surface area contributed by atoms with Gasteiger partial charge in [0.25, 0.3) is 0 Å². The molecule has 0 spiro atoms. The lowest BCUT2D eigenvalue weighted by Crippen LogP contribution is -2.57. The summed E-state index contributed by atoms with van der Waals surface area (Å²) in [6.07, 6.45) is 2.95. The van der Waals surface area contributed by atoms with Gasteiger partial charge in [-0.3, -0.25) is 0 Å². The Kier molecular flexibility index (Phi) is 2.99. The van der Waals surface area contributed by atoms with Gasteiger partial charge in [-0.2, -0.15) is 0 Å². The number of aromatic nitrogens is 1. The molecule has 94 valence electrons. The SMILES string of the molecule is C[C@@H]1[C@@H](CS(C)(=O)=O)CN1c1ccnc(N)c1. The van der Waals surface area contributed by atoms with Crippen LogP contribution in [0.4, 0.5) is 11.5 Å². The van der Waals surface area contributed by atoms with Gasteiger partial charge in [-0.25, -0.2) is 13.4 Å². The predicted molar refractivity (Wildman–Crippen MR) is 68.7 cm³/mol. The number of hydrogen-bond acceptors (Lipinski definition) is 5. The van der Waals surface area contributed by atoms with E-state index in [0.29, 0.717) is 5.82 Å². The topological polar surface area (TPSA) is 76.3 Å². The first-order chi connectivity index (χ1) is 7.87. The molecule has 1 aliphatic heterocycles. The van der Waals surface area contributed by atoms with Crippen LogP contribution in [0.25, 0.3) is 0 Å². The highest BCUT2D eigenvalue weighted by atomic mass is 32.2. The summed E-state index contributed by atoms with van der Waals surface area (Å²) in [5.74, 6) is 0.950. The molecule has 2 atom stereocenters. The molecule has 0 saturated carbocycles. The van der Waals surface area contributed by atoms with Gasteiger partial charge in [0, 0.05) is 42.7 Å². The molecule has 0 bridgehead atoms. The first kappa shape index (κ1) is 12.2. The fourth-order valence-corrected chi connectivity index (χ4v) is 3.39. The van der Waals surface area contributed by atoms with Crippen LogP contribution in [0.2, 0.25) is 0 Å². The Morgan fingerprint density at radius 2 is 2.29 bits per heavy atom. The molecule has 1 aromatic rings. The molecule has 0 radical (unpaired) electrons. The summed E-state index contributed by atoms with van der Waals surface area (Å²) < 4.78 is 22.5. The zero-order valence-corrected chi connectivity index (χ0v) is 10.8. The van der Waals surface area contributed by atoms with Gasteiger partial charge in [0.1, 0.15) is 15.7 Å². The van der Waals surface area contributed by atoms with Crippen molar-refractivity contribution in [3.63, 3.8) is 0 Å². The second-order valence-corrected chi connectivity index (χ2v) is 6.87. The van der Waals surface area contributed by atoms with Crippen LogP contribution in [-0.4, -0.2) is 38.0 Å². The van der Waals surface area contributed by atoms with Crippen LogP contribution in [-0.2, 0) is 9.84 Å². The van der Waals surface area contributed by atoms with Crippen LogP contribution in [0.1, 0.15) is 6.92 Å². The molecule has 1 saturated heterocycles. The molecule has 2 rings (SSSR count). The van der Waals surface area contributed by atoms with Crippen LogP contribution in [0.3, 0.4) is 0 Å². The lowest BCUT2D eigenvalue weighted by molar-refractivity contribution is 0.341. The van der Waals surface area contributed by atoms with Crippen molar-refractivity contribution in [1.82, 2.24) is 4.98 Å². The minimum atomic E-state index is -2.89. The van der Waals surface area contributed by atoms with E-state index in [4.69, 9.17) is 5.73 Å². The lowest BCUT2D eigenvalue weighted by Gasteiger charge is -2.47. The average Bonchev–Trinajstić information content (AvgIpc) is 2.22. The Morgan fingerprint density at radius 1 is 1.59 bits per heavy atom. The summed E-state index contributed by atoms with van der Waals surface area (Å²) in [5, 5.41) is 0. The maximum Gasteiger partial charge on any atom is 0.147 e. The molecule has 1 fully saturated rings. The maximum atomic E-state index is 11.2. The van der Waals surface area contributed by atoms with Crippen LogP contribution in [0, 0.1) is 5.92 Å². The zero-order valence-electron chi connectivity index (χ0n) is 10.00. The first-order valence-electron chi connectivity index (χ1n) is 5.53. The van der Waals surface area contributed by atoms with Crippen molar-refractivity contribution >= 4 is 21.3 Å². The average molecular weight is 255 g/mol. The van der Waals surface area contributed by atoms with Crippen molar-refractivity contribution in [2.75, 3.05) is 29.2 Å². The number of anilines is 2. The molecule has 5 nitrogen and oxygen atoms in total. The highest BCUT2D eigenvalue weighted by molar-refractivity contribution is 7.90. The lowest BCUT2D eigenvalue weighted by atomic mass is 9.91. The summed E-state index contributed by atoms with van der Waals surface area (Å²) in [7, 11) is -2.89. The third kappa shape index (κ3) is 2.69.